The minimum absolute atomic E-state index is 0.222. The van der Waals surface area contributed by atoms with Crippen molar-refractivity contribution in [3.05, 3.63) is 0 Å². The first kappa shape index (κ1) is 7.05. The van der Waals surface area contributed by atoms with Gasteiger partial charge in [-0.2, -0.15) is 5.10 Å². The quantitative estimate of drug-likeness (QED) is 0.547. The van der Waals surface area contributed by atoms with E-state index in [0.29, 0.717) is 13.0 Å². The Balaban J connectivity index is 2.28. The molecule has 0 saturated heterocycles. The summed E-state index contributed by atoms with van der Waals surface area (Å²) in [7, 11) is 0. The number of nitrogens with one attached hydrogen (secondary N) is 1. The molecular formula is C6H10N2O2. The highest BCUT2D eigenvalue weighted by Gasteiger charge is 2.20. The van der Waals surface area contributed by atoms with E-state index < -0.39 is 0 Å². The van der Waals surface area contributed by atoms with Crippen LogP contribution in [0, 0.1) is 0 Å². The highest BCUT2D eigenvalue weighted by molar-refractivity contribution is 5.81. The van der Waals surface area contributed by atoms with E-state index in [1.165, 1.54) is 0 Å². The lowest BCUT2D eigenvalue weighted by atomic mass is 10.2. The summed E-state index contributed by atoms with van der Waals surface area (Å²) < 4.78 is 4.74. The number of rotatable bonds is 2. The number of esters is 1. The molecule has 1 rings (SSSR count). The number of ether oxygens (including phenoxy) is 1. The minimum atomic E-state index is -0.250. The van der Waals surface area contributed by atoms with Gasteiger partial charge in [0, 0.05) is 12.6 Å². The molecule has 10 heavy (non-hydrogen) atoms. The van der Waals surface area contributed by atoms with E-state index in [1.807, 2.05) is 0 Å². The van der Waals surface area contributed by atoms with E-state index in [4.69, 9.17) is 4.74 Å². The highest BCUT2D eigenvalue weighted by Crippen LogP contribution is 1.98. The number of hydrazone groups is 1. The number of carbonyl (C=O) groups excluding carboxylic acids is 1. The van der Waals surface area contributed by atoms with Gasteiger partial charge in [0.1, 0.15) is 6.04 Å². The van der Waals surface area contributed by atoms with Crippen molar-refractivity contribution in [1.82, 2.24) is 5.43 Å². The molecular weight excluding hydrogens is 132 g/mol. The monoisotopic (exact) mass is 142 g/mol. The molecule has 0 aromatic rings. The third-order valence-electron chi connectivity index (χ3n) is 1.23. The Morgan fingerprint density at radius 3 is 3.30 bits per heavy atom. The van der Waals surface area contributed by atoms with Crippen LogP contribution < -0.4 is 5.43 Å². The van der Waals surface area contributed by atoms with Gasteiger partial charge in [0.05, 0.1) is 6.61 Å². The van der Waals surface area contributed by atoms with Crippen molar-refractivity contribution in [1.29, 1.82) is 0 Å². The average Bonchev–Trinajstić information content (AvgIpc) is 2.38. The SMILES string of the molecule is CCOC(=O)[C@H]1CC=NN1. The van der Waals surface area contributed by atoms with Gasteiger partial charge >= 0.3 is 5.97 Å². The fourth-order valence-corrected chi connectivity index (χ4v) is 0.745. The number of hydrogen-bond donors (Lipinski definition) is 1. The van der Waals surface area contributed by atoms with Gasteiger partial charge in [0.25, 0.3) is 0 Å². The van der Waals surface area contributed by atoms with Gasteiger partial charge in [0.15, 0.2) is 0 Å². The molecule has 1 aliphatic rings. The molecule has 0 unspecified atom stereocenters. The average molecular weight is 142 g/mol. The maximum atomic E-state index is 10.9. The molecule has 1 heterocycles. The third-order valence-corrected chi connectivity index (χ3v) is 1.23. The van der Waals surface area contributed by atoms with Crippen molar-refractivity contribution in [3.8, 4) is 0 Å². The van der Waals surface area contributed by atoms with Crippen molar-refractivity contribution in [2.45, 2.75) is 19.4 Å². The first-order valence-corrected chi connectivity index (χ1v) is 3.28. The molecule has 1 aliphatic heterocycles. The summed E-state index contributed by atoms with van der Waals surface area (Å²) in [4.78, 5) is 10.9. The lowest BCUT2D eigenvalue weighted by Crippen LogP contribution is -2.31. The third kappa shape index (κ3) is 1.46. The zero-order valence-electron chi connectivity index (χ0n) is 5.83. The molecule has 0 saturated carbocycles. The van der Waals surface area contributed by atoms with Crippen LogP contribution in [0.3, 0.4) is 0 Å². The fourth-order valence-electron chi connectivity index (χ4n) is 0.745. The normalized spacial score (nSPS) is 22.3. The van der Waals surface area contributed by atoms with Crippen molar-refractivity contribution in [2.24, 2.45) is 5.10 Å². The van der Waals surface area contributed by atoms with E-state index in [9.17, 15) is 4.79 Å². The predicted octanol–water partition coefficient (Wildman–Crippen LogP) is -0.103. The molecule has 0 aromatic heterocycles. The van der Waals surface area contributed by atoms with E-state index >= 15 is 0 Å². The Bertz CT molecular complexity index is 148. The Kier molecular flexibility index (Phi) is 2.25. The molecule has 0 aliphatic carbocycles. The molecule has 1 N–H and O–H groups in total. The standard InChI is InChI=1S/C6H10N2O2/c1-2-10-6(9)5-3-4-7-8-5/h4-5,8H,2-3H2,1H3/t5-/m1/s1. The summed E-state index contributed by atoms with van der Waals surface area (Å²) in [6.07, 6.45) is 2.31. The molecule has 0 fully saturated rings. The minimum Gasteiger partial charge on any atom is -0.464 e. The fraction of sp³-hybridized carbons (Fsp3) is 0.667. The number of hydrogen-bond acceptors (Lipinski definition) is 4. The Labute approximate surface area is 59.2 Å². The molecule has 56 valence electrons. The summed E-state index contributed by atoms with van der Waals surface area (Å²) in [6.45, 7) is 2.21. The van der Waals surface area contributed by atoms with Gasteiger partial charge in [-0.05, 0) is 6.92 Å². The summed E-state index contributed by atoms with van der Waals surface area (Å²) in [5.41, 5.74) is 2.64. The van der Waals surface area contributed by atoms with Gasteiger partial charge in [-0.3, -0.25) is 5.43 Å². The first-order chi connectivity index (χ1) is 4.84. The molecule has 0 spiro atoms. The van der Waals surface area contributed by atoms with E-state index in [1.54, 1.807) is 13.1 Å². The first-order valence-electron chi connectivity index (χ1n) is 3.28. The molecule has 1 atom stereocenters. The van der Waals surface area contributed by atoms with Crippen LogP contribution in [0.25, 0.3) is 0 Å². The summed E-state index contributed by atoms with van der Waals surface area (Å²) in [5, 5.41) is 3.69. The van der Waals surface area contributed by atoms with Crippen LogP contribution in [0.15, 0.2) is 5.10 Å². The van der Waals surface area contributed by atoms with Crippen LogP contribution in [0.1, 0.15) is 13.3 Å². The molecule has 0 aromatic carbocycles. The Hall–Kier alpha value is -1.06. The lowest BCUT2D eigenvalue weighted by molar-refractivity contribution is -0.145. The van der Waals surface area contributed by atoms with Crippen LogP contribution in [0.2, 0.25) is 0 Å². The van der Waals surface area contributed by atoms with Gasteiger partial charge < -0.3 is 4.74 Å². The number of carbonyl (C=O) groups is 1. The maximum Gasteiger partial charge on any atom is 0.330 e. The molecule has 4 heteroatoms. The Morgan fingerprint density at radius 2 is 2.80 bits per heavy atom. The summed E-state index contributed by atoms with van der Waals surface area (Å²) in [5.74, 6) is -0.222. The predicted molar refractivity (Wildman–Crippen MR) is 36.7 cm³/mol. The van der Waals surface area contributed by atoms with Crippen LogP contribution in [0.4, 0.5) is 0 Å². The van der Waals surface area contributed by atoms with Crippen molar-refractivity contribution < 1.29 is 9.53 Å². The second kappa shape index (κ2) is 3.20. The lowest BCUT2D eigenvalue weighted by Gasteiger charge is -2.06. The second-order valence-electron chi connectivity index (χ2n) is 1.98. The summed E-state index contributed by atoms with van der Waals surface area (Å²) >= 11 is 0. The van der Waals surface area contributed by atoms with E-state index in [2.05, 4.69) is 10.5 Å². The van der Waals surface area contributed by atoms with Crippen LogP contribution in [-0.2, 0) is 9.53 Å². The van der Waals surface area contributed by atoms with Crippen molar-refractivity contribution in [3.63, 3.8) is 0 Å². The van der Waals surface area contributed by atoms with Gasteiger partial charge in [-0.15, -0.1) is 0 Å². The van der Waals surface area contributed by atoms with E-state index in [-0.39, 0.29) is 12.0 Å². The zero-order valence-corrected chi connectivity index (χ0v) is 5.83. The van der Waals surface area contributed by atoms with Gasteiger partial charge in [0.2, 0.25) is 0 Å². The smallest absolute Gasteiger partial charge is 0.330 e. The largest absolute Gasteiger partial charge is 0.464 e. The molecule has 4 nitrogen and oxygen atoms in total. The van der Waals surface area contributed by atoms with Crippen molar-refractivity contribution in [2.75, 3.05) is 6.61 Å². The van der Waals surface area contributed by atoms with Gasteiger partial charge in [-0.1, -0.05) is 0 Å². The van der Waals surface area contributed by atoms with Gasteiger partial charge in [-0.25, -0.2) is 4.79 Å². The van der Waals surface area contributed by atoms with E-state index in [0.717, 1.165) is 0 Å². The summed E-state index contributed by atoms with van der Waals surface area (Å²) in [6, 6.07) is -0.250. The maximum absolute atomic E-state index is 10.9. The van der Waals surface area contributed by atoms with Crippen molar-refractivity contribution >= 4 is 12.2 Å². The molecule has 0 bridgehead atoms. The second-order valence-corrected chi connectivity index (χ2v) is 1.98. The molecule has 0 amide bonds. The topological polar surface area (TPSA) is 50.7 Å². The molecule has 0 radical (unpaired) electrons. The zero-order chi connectivity index (χ0) is 7.40. The Morgan fingerprint density at radius 1 is 2.00 bits per heavy atom. The highest BCUT2D eigenvalue weighted by atomic mass is 16.5. The van der Waals surface area contributed by atoms with Crippen LogP contribution in [-0.4, -0.2) is 24.8 Å². The number of nitrogens with zero attached hydrogens (tertiary/aromatic N) is 1. The van der Waals surface area contributed by atoms with Crippen LogP contribution >= 0.6 is 0 Å². The van der Waals surface area contributed by atoms with Crippen LogP contribution in [0.5, 0.6) is 0 Å².